The molecule has 2 aliphatic rings. The summed E-state index contributed by atoms with van der Waals surface area (Å²) in [5.74, 6) is 1.77. The smallest absolute Gasteiger partial charge is 0.191 e. The molecule has 1 aliphatic carbocycles. The molecule has 1 heterocycles. The van der Waals surface area contributed by atoms with Gasteiger partial charge in [0, 0.05) is 25.7 Å². The zero-order valence-electron chi connectivity index (χ0n) is 14.5. The van der Waals surface area contributed by atoms with Crippen molar-refractivity contribution in [3.63, 3.8) is 0 Å². The number of rotatable bonds is 7. The van der Waals surface area contributed by atoms with Crippen molar-refractivity contribution in [2.45, 2.75) is 51.2 Å². The Kier molecular flexibility index (Phi) is 8.42. The minimum Gasteiger partial charge on any atom is -0.373 e. The summed E-state index contributed by atoms with van der Waals surface area (Å²) in [4.78, 5) is 7.06. The van der Waals surface area contributed by atoms with E-state index in [1.165, 1.54) is 12.8 Å². The van der Waals surface area contributed by atoms with Crippen LogP contribution < -0.4 is 10.6 Å². The lowest BCUT2D eigenvalue weighted by Crippen LogP contribution is -2.46. The lowest BCUT2D eigenvalue weighted by atomic mass is 10.0. The second kappa shape index (κ2) is 9.27. The summed E-state index contributed by atoms with van der Waals surface area (Å²) in [6.07, 6.45) is 4.99. The summed E-state index contributed by atoms with van der Waals surface area (Å²) in [5, 5.41) is 6.85. The highest BCUT2D eigenvalue weighted by Gasteiger charge is 2.33. The molecule has 22 heavy (non-hydrogen) atoms. The van der Waals surface area contributed by atoms with E-state index in [0.29, 0.717) is 6.04 Å². The Balaban J connectivity index is 0.00000242. The van der Waals surface area contributed by atoms with Crippen molar-refractivity contribution in [3.8, 4) is 0 Å². The number of nitrogens with one attached hydrogen (secondary N) is 2. The number of nitrogens with zero attached hydrogens (tertiary/aromatic N) is 2. The highest BCUT2D eigenvalue weighted by molar-refractivity contribution is 14.0. The molecule has 1 saturated carbocycles. The van der Waals surface area contributed by atoms with Gasteiger partial charge in [0.15, 0.2) is 5.96 Å². The van der Waals surface area contributed by atoms with Crippen LogP contribution in [0.5, 0.6) is 0 Å². The molecule has 0 bridgehead atoms. The molecule has 5 nitrogen and oxygen atoms in total. The Hall–Kier alpha value is -0.0800. The summed E-state index contributed by atoms with van der Waals surface area (Å²) >= 11 is 0. The van der Waals surface area contributed by atoms with Crippen molar-refractivity contribution < 1.29 is 4.74 Å². The molecular formula is C16H33IN4O. The van der Waals surface area contributed by atoms with Gasteiger partial charge in [-0.3, -0.25) is 4.99 Å². The predicted octanol–water partition coefficient (Wildman–Crippen LogP) is 2.07. The first-order chi connectivity index (χ1) is 10.0. The Morgan fingerprint density at radius 2 is 2.09 bits per heavy atom. The van der Waals surface area contributed by atoms with E-state index in [1.54, 1.807) is 0 Å². The predicted molar refractivity (Wildman–Crippen MR) is 103 cm³/mol. The lowest BCUT2D eigenvalue weighted by Gasteiger charge is -2.26. The van der Waals surface area contributed by atoms with Gasteiger partial charge in [-0.1, -0.05) is 0 Å². The summed E-state index contributed by atoms with van der Waals surface area (Å²) in [6, 6.07) is 0.604. The van der Waals surface area contributed by atoms with Crippen LogP contribution in [0.25, 0.3) is 0 Å². The Labute approximate surface area is 152 Å². The number of hydrogen-bond donors (Lipinski definition) is 2. The van der Waals surface area contributed by atoms with Crippen LogP contribution in [0.4, 0.5) is 0 Å². The molecule has 2 fully saturated rings. The Morgan fingerprint density at radius 1 is 1.36 bits per heavy atom. The largest absolute Gasteiger partial charge is 0.373 e. The highest BCUT2D eigenvalue weighted by Crippen LogP contribution is 2.34. The fraction of sp³-hybridized carbons (Fsp3) is 0.938. The standard InChI is InChI=1S/C16H32N4O.HI/c1-5-17-15(19-12-16(2)9-6-10-21-16)18-11-14(20(3)4)13-7-8-13;/h13-14H,5-12H2,1-4H3,(H2,17,18,19);1H. The van der Waals surface area contributed by atoms with Gasteiger partial charge >= 0.3 is 0 Å². The second-order valence-electron chi connectivity index (χ2n) is 6.85. The minimum atomic E-state index is -0.0696. The number of ether oxygens (including phenoxy) is 1. The number of likely N-dealkylation sites (N-methyl/N-ethyl adjacent to an activating group) is 1. The van der Waals surface area contributed by atoms with E-state index in [9.17, 15) is 0 Å². The maximum Gasteiger partial charge on any atom is 0.191 e. The van der Waals surface area contributed by atoms with Gasteiger partial charge in [0.05, 0.1) is 12.1 Å². The van der Waals surface area contributed by atoms with Gasteiger partial charge in [-0.15, -0.1) is 24.0 Å². The maximum atomic E-state index is 5.81. The first-order valence-electron chi connectivity index (χ1n) is 8.36. The fourth-order valence-corrected chi connectivity index (χ4v) is 3.00. The summed E-state index contributed by atoms with van der Waals surface area (Å²) in [5.41, 5.74) is -0.0696. The van der Waals surface area contributed by atoms with Crippen LogP contribution in [-0.4, -0.2) is 62.8 Å². The fourth-order valence-electron chi connectivity index (χ4n) is 3.00. The quantitative estimate of drug-likeness (QED) is 0.373. The third-order valence-corrected chi connectivity index (χ3v) is 4.52. The van der Waals surface area contributed by atoms with Gasteiger partial charge < -0.3 is 20.3 Å². The molecule has 0 aromatic heterocycles. The van der Waals surface area contributed by atoms with E-state index < -0.39 is 0 Å². The first kappa shape index (κ1) is 20.0. The van der Waals surface area contributed by atoms with Crippen LogP contribution in [0, 0.1) is 5.92 Å². The third-order valence-electron chi connectivity index (χ3n) is 4.52. The van der Waals surface area contributed by atoms with Crippen molar-refractivity contribution in [2.75, 3.05) is 40.3 Å². The molecule has 0 aromatic carbocycles. The Bertz CT molecular complexity index is 350. The molecule has 130 valence electrons. The van der Waals surface area contributed by atoms with Crippen LogP contribution in [0.2, 0.25) is 0 Å². The van der Waals surface area contributed by atoms with Crippen molar-refractivity contribution >= 4 is 29.9 Å². The lowest BCUT2D eigenvalue weighted by molar-refractivity contribution is 0.0283. The normalized spacial score (nSPS) is 26.7. The topological polar surface area (TPSA) is 48.9 Å². The summed E-state index contributed by atoms with van der Waals surface area (Å²) in [7, 11) is 4.34. The molecule has 0 amide bonds. The van der Waals surface area contributed by atoms with Gasteiger partial charge in [-0.2, -0.15) is 0 Å². The van der Waals surface area contributed by atoms with Crippen molar-refractivity contribution in [3.05, 3.63) is 0 Å². The van der Waals surface area contributed by atoms with E-state index in [4.69, 9.17) is 9.73 Å². The maximum absolute atomic E-state index is 5.81. The van der Waals surface area contributed by atoms with Crippen LogP contribution in [-0.2, 0) is 4.74 Å². The zero-order valence-corrected chi connectivity index (χ0v) is 16.9. The van der Waals surface area contributed by atoms with Crippen LogP contribution in [0.3, 0.4) is 0 Å². The summed E-state index contributed by atoms with van der Waals surface area (Å²) in [6.45, 7) is 7.73. The first-order valence-corrected chi connectivity index (χ1v) is 8.36. The highest BCUT2D eigenvalue weighted by atomic mass is 127. The van der Waals surface area contributed by atoms with Gasteiger partial charge in [-0.05, 0) is 59.5 Å². The number of aliphatic imine (C=N–C) groups is 1. The van der Waals surface area contributed by atoms with E-state index in [1.807, 2.05) is 0 Å². The number of hydrogen-bond acceptors (Lipinski definition) is 3. The van der Waals surface area contributed by atoms with E-state index >= 15 is 0 Å². The summed E-state index contributed by atoms with van der Waals surface area (Å²) < 4.78 is 5.81. The van der Waals surface area contributed by atoms with E-state index in [2.05, 4.69) is 43.5 Å². The van der Waals surface area contributed by atoms with E-state index in [0.717, 1.165) is 51.0 Å². The number of guanidine groups is 1. The molecule has 6 heteroatoms. The molecule has 2 atom stereocenters. The van der Waals surface area contributed by atoms with Gasteiger partial charge in [0.25, 0.3) is 0 Å². The SMILES string of the molecule is CCNC(=NCC1(C)CCCO1)NCC(C1CC1)N(C)C.I. The molecule has 2 unspecified atom stereocenters. The van der Waals surface area contributed by atoms with Crippen LogP contribution in [0.1, 0.15) is 39.5 Å². The Morgan fingerprint density at radius 3 is 2.59 bits per heavy atom. The molecule has 2 rings (SSSR count). The average molecular weight is 424 g/mol. The van der Waals surface area contributed by atoms with Crippen molar-refractivity contribution in [2.24, 2.45) is 10.9 Å². The molecule has 1 saturated heterocycles. The molecule has 1 aliphatic heterocycles. The number of halogens is 1. The van der Waals surface area contributed by atoms with Gasteiger partial charge in [0.1, 0.15) is 0 Å². The monoisotopic (exact) mass is 424 g/mol. The van der Waals surface area contributed by atoms with Gasteiger partial charge in [-0.25, -0.2) is 0 Å². The zero-order chi connectivity index (χ0) is 15.3. The van der Waals surface area contributed by atoms with E-state index in [-0.39, 0.29) is 29.6 Å². The average Bonchev–Trinajstić information content (AvgIpc) is 3.18. The minimum absolute atomic E-state index is 0. The molecule has 0 radical (unpaired) electrons. The molecule has 0 aromatic rings. The molecule has 0 spiro atoms. The van der Waals surface area contributed by atoms with Crippen molar-refractivity contribution in [1.29, 1.82) is 0 Å². The van der Waals surface area contributed by atoms with Crippen molar-refractivity contribution in [1.82, 2.24) is 15.5 Å². The van der Waals surface area contributed by atoms with Crippen LogP contribution >= 0.6 is 24.0 Å². The van der Waals surface area contributed by atoms with Crippen LogP contribution in [0.15, 0.2) is 4.99 Å². The van der Waals surface area contributed by atoms with Gasteiger partial charge in [0.2, 0.25) is 0 Å². The second-order valence-corrected chi connectivity index (χ2v) is 6.85. The third kappa shape index (κ3) is 6.20. The molecular weight excluding hydrogens is 391 g/mol. The molecule has 2 N–H and O–H groups in total.